The first-order valence-electron chi connectivity index (χ1n) is 9.22. The molecule has 1 aromatic heterocycles. The van der Waals surface area contributed by atoms with Crippen molar-refractivity contribution >= 4 is 22.6 Å². The van der Waals surface area contributed by atoms with Crippen molar-refractivity contribution < 1.29 is 14.3 Å². The first-order valence-corrected chi connectivity index (χ1v) is 9.22. The number of carbonyl (C=O) groups excluding carboxylic acids is 2. The van der Waals surface area contributed by atoms with Gasteiger partial charge in [-0.1, -0.05) is 50.3 Å². The molecule has 1 saturated carbocycles. The van der Waals surface area contributed by atoms with Gasteiger partial charge >= 0.3 is 5.97 Å². The molecule has 26 heavy (non-hydrogen) atoms. The molecule has 2 aromatic rings. The van der Waals surface area contributed by atoms with E-state index in [0.29, 0.717) is 10.8 Å². The topological polar surface area (TPSA) is 88.3 Å². The van der Waals surface area contributed by atoms with Crippen molar-refractivity contribution in [1.82, 2.24) is 10.3 Å². The van der Waals surface area contributed by atoms with Crippen LogP contribution in [0.1, 0.15) is 55.4 Å². The highest BCUT2D eigenvalue weighted by Crippen LogP contribution is 2.17. The highest BCUT2D eigenvalue weighted by Gasteiger charge is 2.16. The van der Waals surface area contributed by atoms with E-state index >= 15 is 0 Å². The summed E-state index contributed by atoms with van der Waals surface area (Å²) in [5, 5.41) is 4.11. The van der Waals surface area contributed by atoms with Crippen LogP contribution >= 0.6 is 0 Å². The monoisotopic (exact) mass is 356 g/mol. The summed E-state index contributed by atoms with van der Waals surface area (Å²) >= 11 is 0. The maximum Gasteiger partial charge on any atom is 0.355 e. The second-order valence-corrected chi connectivity index (χ2v) is 6.79. The maximum atomic E-state index is 12.2. The SMILES string of the molecule is O=C(COC(=O)c1cc2ccccc2c(=O)[nH]1)NC1CCCCCCC1. The number of ether oxygens (including phenoxy) is 1. The van der Waals surface area contributed by atoms with Crippen LogP contribution in [0.5, 0.6) is 0 Å². The van der Waals surface area contributed by atoms with Crippen LogP contribution in [-0.4, -0.2) is 29.5 Å². The van der Waals surface area contributed by atoms with Gasteiger partial charge in [0.25, 0.3) is 11.5 Å². The van der Waals surface area contributed by atoms with Gasteiger partial charge in [0, 0.05) is 11.4 Å². The van der Waals surface area contributed by atoms with E-state index in [9.17, 15) is 14.4 Å². The largest absolute Gasteiger partial charge is 0.451 e. The lowest BCUT2D eigenvalue weighted by molar-refractivity contribution is -0.125. The van der Waals surface area contributed by atoms with Gasteiger partial charge in [-0.3, -0.25) is 9.59 Å². The Morgan fingerprint density at radius 2 is 1.77 bits per heavy atom. The van der Waals surface area contributed by atoms with Gasteiger partial charge in [-0.15, -0.1) is 0 Å². The van der Waals surface area contributed by atoms with Gasteiger partial charge in [-0.2, -0.15) is 0 Å². The van der Waals surface area contributed by atoms with Crippen LogP contribution < -0.4 is 10.9 Å². The molecule has 1 heterocycles. The van der Waals surface area contributed by atoms with Crippen molar-refractivity contribution in [3.8, 4) is 0 Å². The number of carbonyl (C=O) groups is 2. The number of fused-ring (bicyclic) bond motifs is 1. The van der Waals surface area contributed by atoms with Crippen molar-refractivity contribution in [3.63, 3.8) is 0 Å². The van der Waals surface area contributed by atoms with E-state index in [1.807, 2.05) is 0 Å². The Balaban J connectivity index is 1.56. The van der Waals surface area contributed by atoms with Gasteiger partial charge in [0.05, 0.1) is 0 Å². The summed E-state index contributed by atoms with van der Waals surface area (Å²) < 4.78 is 5.07. The Morgan fingerprint density at radius 3 is 2.54 bits per heavy atom. The van der Waals surface area contributed by atoms with Crippen molar-refractivity contribution in [2.24, 2.45) is 0 Å². The molecular weight excluding hydrogens is 332 g/mol. The van der Waals surface area contributed by atoms with Crippen molar-refractivity contribution in [1.29, 1.82) is 0 Å². The van der Waals surface area contributed by atoms with Gasteiger partial charge < -0.3 is 15.0 Å². The quantitative estimate of drug-likeness (QED) is 0.825. The molecule has 138 valence electrons. The molecule has 6 nitrogen and oxygen atoms in total. The number of hydrogen-bond donors (Lipinski definition) is 2. The molecule has 3 rings (SSSR count). The number of rotatable bonds is 4. The summed E-state index contributed by atoms with van der Waals surface area (Å²) in [6, 6.07) is 8.71. The second-order valence-electron chi connectivity index (χ2n) is 6.79. The Morgan fingerprint density at radius 1 is 1.08 bits per heavy atom. The standard InChI is InChI=1S/C20H24N2O4/c23-18(21-15-9-4-2-1-3-5-10-15)13-26-20(25)17-12-14-8-6-7-11-16(14)19(24)22-17/h6-8,11-12,15H,1-5,9-10,13H2,(H,21,23)(H,22,24). The molecule has 1 aromatic carbocycles. The van der Waals surface area contributed by atoms with E-state index in [0.717, 1.165) is 25.7 Å². The van der Waals surface area contributed by atoms with E-state index in [1.54, 1.807) is 30.3 Å². The summed E-state index contributed by atoms with van der Waals surface area (Å²) in [6.07, 6.45) is 7.84. The number of aromatic amines is 1. The zero-order valence-corrected chi connectivity index (χ0v) is 14.8. The molecular formula is C20H24N2O4. The van der Waals surface area contributed by atoms with Crippen LogP contribution in [0.15, 0.2) is 35.1 Å². The molecule has 0 radical (unpaired) electrons. The second kappa shape index (κ2) is 8.65. The summed E-state index contributed by atoms with van der Waals surface area (Å²) in [7, 11) is 0. The molecule has 0 atom stereocenters. The van der Waals surface area contributed by atoms with Gasteiger partial charge in [0.1, 0.15) is 5.69 Å². The molecule has 0 aliphatic heterocycles. The van der Waals surface area contributed by atoms with Gasteiger partial charge in [0.2, 0.25) is 0 Å². The van der Waals surface area contributed by atoms with E-state index in [4.69, 9.17) is 4.74 Å². The molecule has 0 spiro atoms. The predicted molar refractivity (Wildman–Crippen MR) is 99.1 cm³/mol. The molecule has 6 heteroatoms. The highest BCUT2D eigenvalue weighted by molar-refractivity contribution is 5.94. The average Bonchev–Trinajstić information content (AvgIpc) is 2.62. The average molecular weight is 356 g/mol. The maximum absolute atomic E-state index is 12.2. The number of H-pyrrole nitrogens is 1. The number of aromatic nitrogens is 1. The van der Waals surface area contributed by atoms with Crippen LogP contribution in [0.4, 0.5) is 0 Å². The lowest BCUT2D eigenvalue weighted by Crippen LogP contribution is -2.38. The first kappa shape index (κ1) is 18.2. The van der Waals surface area contributed by atoms with Crippen LogP contribution in [0, 0.1) is 0 Å². The smallest absolute Gasteiger partial charge is 0.355 e. The van der Waals surface area contributed by atoms with Crippen LogP contribution in [0.2, 0.25) is 0 Å². The van der Waals surface area contributed by atoms with E-state index in [-0.39, 0.29) is 29.8 Å². The Bertz CT molecular complexity index is 835. The van der Waals surface area contributed by atoms with E-state index in [2.05, 4.69) is 10.3 Å². The zero-order valence-electron chi connectivity index (χ0n) is 14.8. The number of amides is 1. The van der Waals surface area contributed by atoms with Crippen molar-refractivity contribution in [2.75, 3.05) is 6.61 Å². The van der Waals surface area contributed by atoms with Crippen LogP contribution in [0.25, 0.3) is 10.8 Å². The molecule has 1 aliphatic carbocycles. The summed E-state index contributed by atoms with van der Waals surface area (Å²) in [5.41, 5.74) is -0.304. The summed E-state index contributed by atoms with van der Waals surface area (Å²) in [5.74, 6) is -1.01. The molecule has 0 unspecified atom stereocenters. The fraction of sp³-hybridized carbons (Fsp3) is 0.450. The molecule has 0 saturated heterocycles. The molecule has 0 bridgehead atoms. The minimum atomic E-state index is -0.708. The van der Waals surface area contributed by atoms with E-state index < -0.39 is 5.97 Å². The van der Waals surface area contributed by atoms with Crippen LogP contribution in [-0.2, 0) is 9.53 Å². The number of pyridine rings is 1. The lowest BCUT2D eigenvalue weighted by Gasteiger charge is -2.20. The van der Waals surface area contributed by atoms with Gasteiger partial charge in [-0.05, 0) is 30.4 Å². The normalized spacial score (nSPS) is 15.8. The van der Waals surface area contributed by atoms with Crippen molar-refractivity contribution in [2.45, 2.75) is 51.0 Å². The molecule has 2 N–H and O–H groups in total. The van der Waals surface area contributed by atoms with Crippen LogP contribution in [0.3, 0.4) is 0 Å². The molecule has 1 aliphatic rings. The Kier molecular flexibility index (Phi) is 6.04. The number of benzene rings is 1. The first-order chi connectivity index (χ1) is 12.6. The summed E-state index contributed by atoms with van der Waals surface area (Å²) in [6.45, 7) is -0.343. The zero-order chi connectivity index (χ0) is 18.4. The Labute approximate surface area is 151 Å². The lowest BCUT2D eigenvalue weighted by atomic mass is 9.97. The third-order valence-corrected chi connectivity index (χ3v) is 4.78. The third kappa shape index (κ3) is 4.71. The third-order valence-electron chi connectivity index (χ3n) is 4.78. The minimum Gasteiger partial charge on any atom is -0.451 e. The fourth-order valence-corrected chi connectivity index (χ4v) is 3.40. The number of nitrogens with one attached hydrogen (secondary N) is 2. The van der Waals surface area contributed by atoms with Gasteiger partial charge in [0.15, 0.2) is 6.61 Å². The molecule has 1 fully saturated rings. The Hall–Kier alpha value is -2.63. The highest BCUT2D eigenvalue weighted by atomic mass is 16.5. The van der Waals surface area contributed by atoms with Gasteiger partial charge in [-0.25, -0.2) is 4.79 Å². The summed E-state index contributed by atoms with van der Waals surface area (Å²) in [4.78, 5) is 38.8. The predicted octanol–water partition coefficient (Wildman–Crippen LogP) is 2.91. The minimum absolute atomic E-state index is 0.0486. The fourth-order valence-electron chi connectivity index (χ4n) is 3.40. The van der Waals surface area contributed by atoms with E-state index in [1.165, 1.54) is 19.3 Å². The number of hydrogen-bond acceptors (Lipinski definition) is 4. The molecule has 1 amide bonds. The number of esters is 1. The van der Waals surface area contributed by atoms with Crippen molar-refractivity contribution in [3.05, 3.63) is 46.4 Å².